The molecule has 0 spiro atoms. The van der Waals surface area contributed by atoms with Gasteiger partial charge in [0, 0.05) is 19.2 Å². The summed E-state index contributed by atoms with van der Waals surface area (Å²) in [5, 5.41) is 13.6. The van der Waals surface area contributed by atoms with E-state index in [4.69, 9.17) is 9.47 Å². The topological polar surface area (TPSA) is 41.9 Å². The van der Waals surface area contributed by atoms with Gasteiger partial charge in [-0.3, -0.25) is 0 Å². The van der Waals surface area contributed by atoms with E-state index < -0.39 is 5.60 Å². The Morgan fingerprint density at radius 3 is 2.46 bits per heavy atom. The van der Waals surface area contributed by atoms with E-state index >= 15 is 0 Å². The quantitative estimate of drug-likeness (QED) is 0.875. The van der Waals surface area contributed by atoms with Crippen molar-refractivity contribution in [3.63, 3.8) is 0 Å². The molecule has 3 atom stereocenters. The van der Waals surface area contributed by atoms with Gasteiger partial charge in [-0.25, -0.2) is 0 Å². The summed E-state index contributed by atoms with van der Waals surface area (Å²) in [7, 11) is 3.81. The molecule has 0 unspecified atom stereocenters. The minimum Gasteiger partial charge on any atom is -0.468 e. The van der Waals surface area contributed by atoms with Gasteiger partial charge in [0.2, 0.25) is 0 Å². The summed E-state index contributed by atoms with van der Waals surface area (Å²) in [5.74, 6) is 0.799. The van der Waals surface area contributed by atoms with Crippen LogP contribution in [0.2, 0.25) is 0 Å². The normalized spacial score (nSPS) is 30.0. The standard InChI is InChI=1S/C20H25NO3/c1-21-17-6-7-18(21)12-20(22,11-17)16-5-3-15-10-19(24-13-23-2)8-4-14(15)9-16/h3-5,8-10,17-18,22H,6-7,11-13H2,1-2H3/t17-,18+,20-. The first-order valence-electron chi connectivity index (χ1n) is 8.69. The van der Waals surface area contributed by atoms with Crippen molar-refractivity contribution in [2.75, 3.05) is 21.0 Å². The van der Waals surface area contributed by atoms with Crippen LogP contribution in [-0.4, -0.2) is 43.0 Å². The molecule has 0 saturated carbocycles. The lowest BCUT2D eigenvalue weighted by Gasteiger charge is -2.42. The van der Waals surface area contributed by atoms with E-state index in [9.17, 15) is 5.11 Å². The summed E-state index contributed by atoms with van der Waals surface area (Å²) in [6.45, 7) is 0.250. The number of benzene rings is 2. The SMILES string of the molecule is COCOc1ccc2cc([C@@]3(O)C[C@H]4CC[C@@H](C3)N4C)ccc2c1. The maximum atomic E-state index is 11.3. The highest BCUT2D eigenvalue weighted by Crippen LogP contribution is 2.45. The molecule has 2 aliphatic rings. The first-order chi connectivity index (χ1) is 11.6. The molecule has 2 aromatic rings. The highest BCUT2D eigenvalue weighted by molar-refractivity contribution is 5.84. The molecule has 4 rings (SSSR count). The molecule has 2 heterocycles. The second kappa shape index (κ2) is 6.03. The van der Waals surface area contributed by atoms with Gasteiger partial charge in [-0.05, 0) is 67.3 Å². The summed E-state index contributed by atoms with van der Waals surface area (Å²) in [6, 6.07) is 13.3. The van der Waals surface area contributed by atoms with Gasteiger partial charge < -0.3 is 19.5 Å². The second-order valence-electron chi connectivity index (χ2n) is 7.26. The third kappa shape index (κ3) is 2.69. The number of methoxy groups -OCH3 is 1. The van der Waals surface area contributed by atoms with Gasteiger partial charge in [-0.1, -0.05) is 18.2 Å². The maximum Gasteiger partial charge on any atom is 0.188 e. The van der Waals surface area contributed by atoms with Crippen molar-refractivity contribution in [1.82, 2.24) is 4.90 Å². The molecule has 4 heteroatoms. The van der Waals surface area contributed by atoms with Crippen LogP contribution in [0.15, 0.2) is 36.4 Å². The first kappa shape index (κ1) is 15.9. The van der Waals surface area contributed by atoms with Gasteiger partial charge in [-0.2, -0.15) is 0 Å². The maximum absolute atomic E-state index is 11.3. The van der Waals surface area contributed by atoms with Crippen LogP contribution in [0.3, 0.4) is 0 Å². The van der Waals surface area contributed by atoms with Crippen molar-refractivity contribution in [2.45, 2.75) is 43.4 Å². The van der Waals surface area contributed by atoms with Crippen LogP contribution < -0.4 is 4.74 Å². The lowest BCUT2D eigenvalue weighted by atomic mass is 9.80. The van der Waals surface area contributed by atoms with Crippen molar-refractivity contribution < 1.29 is 14.6 Å². The summed E-state index contributed by atoms with van der Waals surface area (Å²) in [6.07, 6.45) is 4.08. The fraction of sp³-hybridized carbons (Fsp3) is 0.500. The van der Waals surface area contributed by atoms with Crippen molar-refractivity contribution in [3.8, 4) is 5.75 Å². The van der Waals surface area contributed by atoms with Crippen LogP contribution in [0.4, 0.5) is 0 Å². The fourth-order valence-electron chi connectivity index (χ4n) is 4.41. The van der Waals surface area contributed by atoms with Crippen molar-refractivity contribution >= 4 is 10.8 Å². The van der Waals surface area contributed by atoms with Crippen LogP contribution >= 0.6 is 0 Å². The van der Waals surface area contributed by atoms with E-state index in [-0.39, 0.29) is 6.79 Å². The number of nitrogens with zero attached hydrogens (tertiary/aromatic N) is 1. The fourth-order valence-corrected chi connectivity index (χ4v) is 4.41. The molecule has 0 radical (unpaired) electrons. The van der Waals surface area contributed by atoms with Gasteiger partial charge in [0.1, 0.15) is 5.75 Å². The molecular weight excluding hydrogens is 302 g/mol. The van der Waals surface area contributed by atoms with Crippen molar-refractivity contribution in [1.29, 1.82) is 0 Å². The van der Waals surface area contributed by atoms with Gasteiger partial charge in [0.05, 0.1) is 5.60 Å². The summed E-state index contributed by atoms with van der Waals surface area (Å²) in [5.41, 5.74) is 0.350. The van der Waals surface area contributed by atoms with Gasteiger partial charge >= 0.3 is 0 Å². The van der Waals surface area contributed by atoms with Gasteiger partial charge in [-0.15, -0.1) is 0 Å². The monoisotopic (exact) mass is 327 g/mol. The minimum atomic E-state index is -0.697. The highest BCUT2D eigenvalue weighted by Gasteiger charge is 2.46. The molecule has 1 N–H and O–H groups in total. The number of hydrogen-bond acceptors (Lipinski definition) is 4. The average molecular weight is 327 g/mol. The smallest absolute Gasteiger partial charge is 0.188 e. The predicted octanol–water partition coefficient (Wildman–Crippen LogP) is 3.27. The second-order valence-corrected chi connectivity index (χ2v) is 7.26. The largest absolute Gasteiger partial charge is 0.468 e. The van der Waals surface area contributed by atoms with E-state index in [0.717, 1.165) is 34.9 Å². The van der Waals surface area contributed by atoms with Crippen LogP contribution in [0.1, 0.15) is 31.2 Å². The summed E-state index contributed by atoms with van der Waals surface area (Å²) < 4.78 is 10.4. The van der Waals surface area contributed by atoms with E-state index in [1.807, 2.05) is 12.1 Å². The average Bonchev–Trinajstić information content (AvgIpc) is 2.82. The van der Waals surface area contributed by atoms with E-state index in [1.54, 1.807) is 7.11 Å². The number of fused-ring (bicyclic) bond motifs is 3. The Labute approximate surface area is 143 Å². The Bertz CT molecular complexity index is 731. The molecule has 2 aliphatic heterocycles. The third-order valence-electron chi connectivity index (χ3n) is 5.82. The van der Waals surface area contributed by atoms with Crippen LogP contribution in [-0.2, 0) is 10.3 Å². The first-order valence-corrected chi connectivity index (χ1v) is 8.69. The Balaban J connectivity index is 1.63. The number of aliphatic hydroxyl groups is 1. The summed E-state index contributed by atoms with van der Waals surface area (Å²) in [4.78, 5) is 2.45. The Hall–Kier alpha value is -1.62. The van der Waals surface area contributed by atoms with E-state index in [2.05, 4.69) is 36.2 Å². The number of hydrogen-bond donors (Lipinski definition) is 1. The van der Waals surface area contributed by atoms with Crippen molar-refractivity contribution in [3.05, 3.63) is 42.0 Å². The molecule has 24 heavy (non-hydrogen) atoms. The molecule has 4 nitrogen and oxygen atoms in total. The molecule has 2 aromatic carbocycles. The Morgan fingerprint density at radius 1 is 1.08 bits per heavy atom. The lowest BCUT2D eigenvalue weighted by Crippen LogP contribution is -2.47. The van der Waals surface area contributed by atoms with E-state index in [1.165, 1.54) is 12.8 Å². The third-order valence-corrected chi connectivity index (χ3v) is 5.82. The number of piperidine rings is 1. The van der Waals surface area contributed by atoms with E-state index in [0.29, 0.717) is 12.1 Å². The van der Waals surface area contributed by atoms with Crippen LogP contribution in [0.5, 0.6) is 5.75 Å². The minimum absolute atomic E-state index is 0.250. The molecule has 2 saturated heterocycles. The number of rotatable bonds is 4. The molecular formula is C20H25NO3. The Morgan fingerprint density at radius 2 is 1.75 bits per heavy atom. The molecule has 128 valence electrons. The molecule has 2 fully saturated rings. The van der Waals surface area contributed by atoms with Crippen molar-refractivity contribution in [2.24, 2.45) is 0 Å². The lowest BCUT2D eigenvalue weighted by molar-refractivity contribution is -0.0492. The molecule has 0 aliphatic carbocycles. The predicted molar refractivity (Wildman–Crippen MR) is 94.2 cm³/mol. The zero-order chi connectivity index (χ0) is 16.7. The molecule has 2 bridgehead atoms. The van der Waals surface area contributed by atoms with Gasteiger partial charge in [0.15, 0.2) is 6.79 Å². The Kier molecular flexibility index (Phi) is 3.99. The highest BCUT2D eigenvalue weighted by atomic mass is 16.7. The van der Waals surface area contributed by atoms with Gasteiger partial charge in [0.25, 0.3) is 0 Å². The zero-order valence-corrected chi connectivity index (χ0v) is 14.4. The summed E-state index contributed by atoms with van der Waals surface area (Å²) >= 11 is 0. The number of ether oxygens (including phenoxy) is 2. The molecule has 0 aromatic heterocycles. The molecule has 0 amide bonds. The van der Waals surface area contributed by atoms with Crippen LogP contribution in [0.25, 0.3) is 10.8 Å². The van der Waals surface area contributed by atoms with Crippen LogP contribution in [0, 0.1) is 0 Å². The zero-order valence-electron chi connectivity index (χ0n) is 14.4.